The lowest BCUT2D eigenvalue weighted by atomic mass is 9.77. The summed E-state index contributed by atoms with van der Waals surface area (Å²) in [5.41, 5.74) is 3.15. The quantitative estimate of drug-likeness (QED) is 0.360. The maximum atomic E-state index is 13.6. The molecule has 0 unspecified atom stereocenters. The normalized spacial score (nSPS) is 17.8. The Hall–Kier alpha value is -3.06. The third-order valence-electron chi connectivity index (χ3n) is 7.89. The summed E-state index contributed by atoms with van der Waals surface area (Å²) in [6.07, 6.45) is 3.92. The number of aliphatic carboxylic acids is 1. The molecular formula is C30H40N2O5. The Labute approximate surface area is 220 Å². The van der Waals surface area contributed by atoms with Gasteiger partial charge in [0.15, 0.2) is 0 Å². The van der Waals surface area contributed by atoms with Crippen molar-refractivity contribution in [1.29, 1.82) is 0 Å². The van der Waals surface area contributed by atoms with Gasteiger partial charge in [0.2, 0.25) is 0 Å². The van der Waals surface area contributed by atoms with Crippen molar-refractivity contribution in [3.63, 3.8) is 0 Å². The van der Waals surface area contributed by atoms with Gasteiger partial charge in [0.25, 0.3) is 0 Å². The van der Waals surface area contributed by atoms with E-state index >= 15 is 0 Å². The molecule has 2 aliphatic rings. The van der Waals surface area contributed by atoms with E-state index in [0.29, 0.717) is 38.5 Å². The minimum absolute atomic E-state index is 0.123. The lowest BCUT2D eigenvalue weighted by Gasteiger charge is -2.41. The number of ether oxygens (including phenoxy) is 2. The Bertz CT molecular complexity index is 1090. The topological polar surface area (TPSA) is 88.1 Å². The van der Waals surface area contributed by atoms with Crippen molar-refractivity contribution in [1.82, 2.24) is 10.2 Å². The minimum Gasteiger partial charge on any atom is -0.493 e. The number of rotatable bonds is 12. The van der Waals surface area contributed by atoms with Crippen LogP contribution in [0.3, 0.4) is 0 Å². The van der Waals surface area contributed by atoms with Crippen LogP contribution in [0.5, 0.6) is 5.75 Å². The van der Waals surface area contributed by atoms with E-state index in [2.05, 4.69) is 24.4 Å². The monoisotopic (exact) mass is 508 g/mol. The molecule has 2 aromatic rings. The standard InChI is InChI=1S/C30H40N2O5/c1-5-36-27-20(2)25(14-15-26(27)24-12-13-24)21(3)32(29(35)31-30(28(33)34)16-9-17-30)18-19-37-22(4)23-10-7-6-8-11-23/h6-8,10-11,14-15,21-22,24H,5,9,12-13,16-19H2,1-4H3,(H,31,35)(H,33,34)/t21-,22-/m1/s1. The van der Waals surface area contributed by atoms with Crippen molar-refractivity contribution in [2.24, 2.45) is 0 Å². The molecule has 7 heteroatoms. The smallest absolute Gasteiger partial charge is 0.329 e. The van der Waals surface area contributed by atoms with Gasteiger partial charge in [-0.05, 0) is 88.0 Å². The van der Waals surface area contributed by atoms with Crippen LogP contribution in [-0.2, 0) is 9.53 Å². The van der Waals surface area contributed by atoms with Gasteiger partial charge in [-0.15, -0.1) is 0 Å². The van der Waals surface area contributed by atoms with Gasteiger partial charge >= 0.3 is 12.0 Å². The molecule has 37 heavy (non-hydrogen) atoms. The van der Waals surface area contributed by atoms with Gasteiger partial charge in [0.1, 0.15) is 11.3 Å². The van der Waals surface area contributed by atoms with Gasteiger partial charge in [-0.2, -0.15) is 0 Å². The molecule has 4 rings (SSSR count). The second-order valence-electron chi connectivity index (χ2n) is 10.4. The Kier molecular flexibility index (Phi) is 8.42. The first-order valence-electron chi connectivity index (χ1n) is 13.5. The number of hydrogen-bond donors (Lipinski definition) is 2. The summed E-state index contributed by atoms with van der Waals surface area (Å²) in [6.45, 7) is 9.25. The van der Waals surface area contributed by atoms with Crippen LogP contribution in [0.25, 0.3) is 0 Å². The first-order valence-corrected chi connectivity index (χ1v) is 13.5. The summed E-state index contributed by atoms with van der Waals surface area (Å²) in [5.74, 6) is 0.493. The van der Waals surface area contributed by atoms with Gasteiger partial charge < -0.3 is 24.8 Å². The molecule has 0 bridgehead atoms. The third kappa shape index (κ3) is 5.93. The summed E-state index contributed by atoms with van der Waals surface area (Å²) in [7, 11) is 0. The highest BCUT2D eigenvalue weighted by atomic mass is 16.5. The van der Waals surface area contributed by atoms with Crippen molar-refractivity contribution in [2.45, 2.75) is 83.4 Å². The number of amides is 2. The van der Waals surface area contributed by atoms with Gasteiger partial charge in [0.05, 0.1) is 25.4 Å². The SMILES string of the molecule is CCOc1c(C2CC2)ccc([C@@H](C)N(CCO[C@H](C)c2ccccc2)C(=O)NC2(C(=O)O)CCC2)c1C. The second-order valence-corrected chi connectivity index (χ2v) is 10.4. The summed E-state index contributed by atoms with van der Waals surface area (Å²) < 4.78 is 12.2. The summed E-state index contributed by atoms with van der Waals surface area (Å²) >= 11 is 0. The zero-order valence-electron chi connectivity index (χ0n) is 22.5. The molecule has 2 aliphatic carbocycles. The number of carboxylic acid groups (broad SMARTS) is 1. The number of hydrogen-bond acceptors (Lipinski definition) is 4. The molecular weight excluding hydrogens is 468 g/mol. The average Bonchev–Trinajstić information content (AvgIpc) is 3.70. The molecule has 0 aromatic heterocycles. The number of carbonyl (C=O) groups excluding carboxylic acids is 1. The molecule has 2 N–H and O–H groups in total. The van der Waals surface area contributed by atoms with E-state index in [-0.39, 0.29) is 18.2 Å². The highest BCUT2D eigenvalue weighted by Gasteiger charge is 2.46. The van der Waals surface area contributed by atoms with Crippen molar-refractivity contribution < 1.29 is 24.2 Å². The molecule has 7 nitrogen and oxygen atoms in total. The van der Waals surface area contributed by atoms with E-state index in [1.54, 1.807) is 4.90 Å². The van der Waals surface area contributed by atoms with Crippen LogP contribution in [0.4, 0.5) is 4.79 Å². The van der Waals surface area contributed by atoms with E-state index < -0.39 is 11.5 Å². The summed E-state index contributed by atoms with van der Waals surface area (Å²) in [5, 5.41) is 12.6. The molecule has 2 fully saturated rings. The number of benzene rings is 2. The number of carboxylic acids is 1. The fourth-order valence-electron chi connectivity index (χ4n) is 5.22. The van der Waals surface area contributed by atoms with Crippen molar-refractivity contribution in [3.8, 4) is 5.75 Å². The van der Waals surface area contributed by atoms with Crippen LogP contribution in [0.15, 0.2) is 42.5 Å². The Morgan fingerprint density at radius 3 is 2.41 bits per heavy atom. The van der Waals surface area contributed by atoms with E-state index in [0.717, 1.165) is 28.9 Å². The number of nitrogens with one attached hydrogen (secondary N) is 1. The molecule has 0 heterocycles. The third-order valence-corrected chi connectivity index (χ3v) is 7.89. The number of nitrogens with zero attached hydrogens (tertiary/aromatic N) is 1. The first kappa shape index (κ1) is 27.0. The zero-order valence-corrected chi connectivity index (χ0v) is 22.5. The molecule has 2 amide bonds. The predicted molar refractivity (Wildman–Crippen MR) is 143 cm³/mol. The molecule has 2 aromatic carbocycles. The Morgan fingerprint density at radius 2 is 1.84 bits per heavy atom. The zero-order chi connectivity index (χ0) is 26.6. The van der Waals surface area contributed by atoms with E-state index in [9.17, 15) is 14.7 Å². The van der Waals surface area contributed by atoms with Crippen molar-refractivity contribution in [2.75, 3.05) is 19.8 Å². The maximum absolute atomic E-state index is 13.6. The van der Waals surface area contributed by atoms with Crippen LogP contribution >= 0.6 is 0 Å². The van der Waals surface area contributed by atoms with Crippen LogP contribution in [0, 0.1) is 6.92 Å². The number of carbonyl (C=O) groups is 2. The molecule has 0 radical (unpaired) electrons. The largest absolute Gasteiger partial charge is 0.493 e. The Morgan fingerprint density at radius 1 is 1.14 bits per heavy atom. The molecule has 0 saturated heterocycles. The molecule has 2 atom stereocenters. The van der Waals surface area contributed by atoms with E-state index in [1.807, 2.05) is 51.1 Å². The van der Waals surface area contributed by atoms with Gasteiger partial charge in [-0.25, -0.2) is 9.59 Å². The number of urea groups is 1. The average molecular weight is 509 g/mol. The van der Waals surface area contributed by atoms with Gasteiger partial charge in [0, 0.05) is 6.54 Å². The lowest BCUT2D eigenvalue weighted by Crippen LogP contribution is -2.62. The molecule has 0 spiro atoms. The van der Waals surface area contributed by atoms with Gasteiger partial charge in [-0.3, -0.25) is 0 Å². The minimum atomic E-state index is -1.19. The molecule has 200 valence electrons. The van der Waals surface area contributed by atoms with Crippen molar-refractivity contribution >= 4 is 12.0 Å². The lowest BCUT2D eigenvalue weighted by molar-refractivity contribution is -0.148. The highest BCUT2D eigenvalue weighted by molar-refractivity contribution is 5.87. The fourth-order valence-corrected chi connectivity index (χ4v) is 5.22. The predicted octanol–water partition coefficient (Wildman–Crippen LogP) is 6.13. The maximum Gasteiger partial charge on any atom is 0.329 e. The van der Waals surface area contributed by atoms with Crippen LogP contribution < -0.4 is 10.1 Å². The highest BCUT2D eigenvalue weighted by Crippen LogP contribution is 2.47. The van der Waals surface area contributed by atoms with Crippen LogP contribution in [0.1, 0.15) is 93.2 Å². The van der Waals surface area contributed by atoms with Gasteiger partial charge in [-0.1, -0.05) is 42.5 Å². The van der Waals surface area contributed by atoms with Crippen molar-refractivity contribution in [3.05, 3.63) is 64.7 Å². The molecule has 2 saturated carbocycles. The van der Waals surface area contributed by atoms with Crippen LogP contribution in [0.2, 0.25) is 0 Å². The van der Waals surface area contributed by atoms with E-state index in [4.69, 9.17) is 9.47 Å². The second kappa shape index (κ2) is 11.5. The summed E-state index contributed by atoms with van der Waals surface area (Å²) in [4.78, 5) is 27.3. The fraction of sp³-hybridized carbons (Fsp3) is 0.533. The molecule has 0 aliphatic heterocycles. The summed E-state index contributed by atoms with van der Waals surface area (Å²) in [6, 6.07) is 13.5. The Balaban J connectivity index is 1.56. The van der Waals surface area contributed by atoms with E-state index in [1.165, 1.54) is 18.4 Å². The van der Waals surface area contributed by atoms with Crippen LogP contribution in [-0.4, -0.2) is 47.3 Å². The first-order chi connectivity index (χ1) is 17.8.